The van der Waals surface area contributed by atoms with E-state index in [9.17, 15) is 14.4 Å². The van der Waals surface area contributed by atoms with Crippen molar-refractivity contribution in [1.29, 1.82) is 0 Å². The fraction of sp³-hybridized carbons (Fsp3) is 0.211. The number of carbonyl (C=O) groups excluding carboxylic acids is 3. The van der Waals surface area contributed by atoms with E-state index in [1.54, 1.807) is 24.3 Å². The zero-order valence-electron chi connectivity index (χ0n) is 14.7. The number of carbonyl (C=O) groups is 3. The molecule has 0 saturated carbocycles. The molecule has 0 aliphatic carbocycles. The molecule has 0 spiro atoms. The summed E-state index contributed by atoms with van der Waals surface area (Å²) in [5.41, 5.74) is 5.83. The average molecular weight is 385 g/mol. The van der Waals surface area contributed by atoms with Crippen LogP contribution < -0.4 is 20.9 Å². The minimum atomic E-state index is -0.553. The third-order valence-corrected chi connectivity index (χ3v) is 5.10. The number of benzene rings is 2. The molecule has 0 bridgehead atoms. The highest BCUT2D eigenvalue weighted by atomic mass is 32.2. The molecule has 0 unspecified atom stereocenters. The highest BCUT2D eigenvalue weighted by Crippen LogP contribution is 2.36. The molecular formula is C19H19N3O4S. The monoisotopic (exact) mass is 385 g/mol. The lowest BCUT2D eigenvalue weighted by Crippen LogP contribution is -2.44. The van der Waals surface area contributed by atoms with E-state index in [2.05, 4.69) is 16.2 Å². The number of para-hydroxylation sites is 1. The number of rotatable bonds is 5. The molecule has 8 heteroatoms. The molecule has 3 amide bonds. The van der Waals surface area contributed by atoms with Crippen LogP contribution in [-0.4, -0.2) is 29.6 Å². The Labute approximate surface area is 160 Å². The Balaban J connectivity index is 1.51. The average Bonchev–Trinajstić information content (AvgIpc) is 2.67. The van der Waals surface area contributed by atoms with Gasteiger partial charge < -0.3 is 10.1 Å². The largest absolute Gasteiger partial charge is 0.494 e. The molecule has 1 aliphatic rings. The maximum Gasteiger partial charge on any atom is 0.269 e. The van der Waals surface area contributed by atoms with Gasteiger partial charge in [-0.25, -0.2) is 0 Å². The Morgan fingerprint density at radius 3 is 2.59 bits per heavy atom. The molecule has 0 saturated heterocycles. The van der Waals surface area contributed by atoms with E-state index in [-0.39, 0.29) is 12.3 Å². The summed E-state index contributed by atoms with van der Waals surface area (Å²) >= 11 is 1.33. The van der Waals surface area contributed by atoms with Gasteiger partial charge in [-0.3, -0.25) is 25.2 Å². The summed E-state index contributed by atoms with van der Waals surface area (Å²) in [6.07, 6.45) is -0.0472. The lowest BCUT2D eigenvalue weighted by Gasteiger charge is -2.23. The fourth-order valence-electron chi connectivity index (χ4n) is 2.51. The number of thioether (sulfide) groups is 1. The van der Waals surface area contributed by atoms with E-state index in [0.717, 1.165) is 10.6 Å². The smallest absolute Gasteiger partial charge is 0.269 e. The summed E-state index contributed by atoms with van der Waals surface area (Å²) in [5, 5.41) is 2.23. The van der Waals surface area contributed by atoms with Crippen molar-refractivity contribution in [3.05, 3.63) is 54.1 Å². The van der Waals surface area contributed by atoms with Crippen LogP contribution in [0.3, 0.4) is 0 Å². The first-order chi connectivity index (χ1) is 13.1. The van der Waals surface area contributed by atoms with Gasteiger partial charge in [0.25, 0.3) is 5.91 Å². The zero-order chi connectivity index (χ0) is 19.2. The summed E-state index contributed by atoms with van der Waals surface area (Å²) in [4.78, 5) is 37.2. The van der Waals surface area contributed by atoms with Crippen LogP contribution in [0, 0.1) is 0 Å². The number of hydrazine groups is 1. The minimum absolute atomic E-state index is 0.0472. The van der Waals surface area contributed by atoms with Crippen LogP contribution in [-0.2, 0) is 9.59 Å². The van der Waals surface area contributed by atoms with E-state index in [4.69, 9.17) is 4.74 Å². The molecule has 2 aromatic carbocycles. The molecule has 140 valence electrons. The molecule has 1 atom stereocenters. The highest BCUT2D eigenvalue weighted by molar-refractivity contribution is 8.01. The quantitative estimate of drug-likeness (QED) is 0.687. The number of anilines is 1. The Bertz CT molecular complexity index is 854. The van der Waals surface area contributed by atoms with Gasteiger partial charge in [-0.1, -0.05) is 12.1 Å². The third-order valence-electron chi connectivity index (χ3n) is 3.82. The second kappa shape index (κ2) is 8.59. The predicted octanol–water partition coefficient (Wildman–Crippen LogP) is 2.35. The Morgan fingerprint density at radius 2 is 1.85 bits per heavy atom. The summed E-state index contributed by atoms with van der Waals surface area (Å²) in [6, 6.07) is 14.0. The molecular weight excluding hydrogens is 366 g/mol. The molecule has 7 nitrogen and oxygen atoms in total. The van der Waals surface area contributed by atoms with Crippen LogP contribution in [0.5, 0.6) is 5.75 Å². The van der Waals surface area contributed by atoms with E-state index < -0.39 is 17.1 Å². The van der Waals surface area contributed by atoms with Crippen molar-refractivity contribution in [3.8, 4) is 5.75 Å². The molecule has 0 fully saturated rings. The topological polar surface area (TPSA) is 96.5 Å². The van der Waals surface area contributed by atoms with Crippen molar-refractivity contribution in [2.45, 2.75) is 23.5 Å². The first-order valence-electron chi connectivity index (χ1n) is 8.45. The van der Waals surface area contributed by atoms with Crippen molar-refractivity contribution in [1.82, 2.24) is 10.9 Å². The van der Waals surface area contributed by atoms with E-state index in [1.807, 2.05) is 31.2 Å². The van der Waals surface area contributed by atoms with Gasteiger partial charge in [0.15, 0.2) is 0 Å². The van der Waals surface area contributed by atoms with E-state index >= 15 is 0 Å². The fourth-order valence-corrected chi connectivity index (χ4v) is 3.62. The van der Waals surface area contributed by atoms with Crippen LogP contribution in [0.25, 0.3) is 0 Å². The van der Waals surface area contributed by atoms with Crippen molar-refractivity contribution < 1.29 is 19.1 Å². The van der Waals surface area contributed by atoms with Crippen LogP contribution in [0.2, 0.25) is 0 Å². The van der Waals surface area contributed by atoms with E-state index in [0.29, 0.717) is 17.9 Å². The minimum Gasteiger partial charge on any atom is -0.494 e. The van der Waals surface area contributed by atoms with Crippen LogP contribution >= 0.6 is 11.8 Å². The second-order valence-electron chi connectivity index (χ2n) is 5.76. The molecule has 3 N–H and O–H groups in total. The number of hydrogen-bond donors (Lipinski definition) is 3. The number of fused-ring (bicyclic) bond motifs is 1. The Hall–Kier alpha value is -3.00. The number of ether oxygens (including phenoxy) is 1. The van der Waals surface area contributed by atoms with Crippen molar-refractivity contribution in [2.75, 3.05) is 11.9 Å². The standard InChI is InChI=1S/C19H19N3O4S/c1-2-26-13-9-7-12(8-10-13)18(24)22-21-17(23)11-16-19(25)20-14-5-3-4-6-15(14)27-16/h3-10,16H,2,11H2,1H3,(H,20,25)(H,21,23)(H,22,24)/t16-/m0/s1. The van der Waals surface area contributed by atoms with Gasteiger partial charge in [-0.15, -0.1) is 11.8 Å². The molecule has 27 heavy (non-hydrogen) atoms. The van der Waals surface area contributed by atoms with Gasteiger partial charge in [-0.2, -0.15) is 0 Å². The maximum absolute atomic E-state index is 12.1. The molecule has 3 rings (SSSR count). The van der Waals surface area contributed by atoms with Gasteiger partial charge in [0.2, 0.25) is 11.8 Å². The maximum atomic E-state index is 12.1. The molecule has 1 aliphatic heterocycles. The van der Waals surface area contributed by atoms with Crippen LogP contribution in [0.4, 0.5) is 5.69 Å². The Kier molecular flexibility index (Phi) is 5.97. The lowest BCUT2D eigenvalue weighted by atomic mass is 10.2. The normalized spacial score (nSPS) is 15.3. The first-order valence-corrected chi connectivity index (χ1v) is 9.33. The first kappa shape index (κ1) is 18.8. The summed E-state index contributed by atoms with van der Waals surface area (Å²) < 4.78 is 5.32. The van der Waals surface area contributed by atoms with Gasteiger partial charge >= 0.3 is 0 Å². The van der Waals surface area contributed by atoms with Crippen molar-refractivity contribution >= 4 is 35.2 Å². The van der Waals surface area contributed by atoms with Gasteiger partial charge in [0.1, 0.15) is 5.75 Å². The summed E-state index contributed by atoms with van der Waals surface area (Å²) in [6.45, 7) is 2.42. The SMILES string of the molecule is CCOc1ccc(C(=O)NNC(=O)C[C@@H]2Sc3ccccc3NC2=O)cc1. The summed E-state index contributed by atoms with van der Waals surface area (Å²) in [7, 11) is 0. The molecule has 1 heterocycles. The summed E-state index contributed by atoms with van der Waals surface area (Å²) in [5.74, 6) is -0.454. The third kappa shape index (κ3) is 4.79. The molecule has 2 aromatic rings. The van der Waals surface area contributed by atoms with Crippen molar-refractivity contribution in [3.63, 3.8) is 0 Å². The number of hydrogen-bond acceptors (Lipinski definition) is 5. The van der Waals surface area contributed by atoms with Crippen LogP contribution in [0.1, 0.15) is 23.7 Å². The van der Waals surface area contributed by atoms with Gasteiger partial charge in [0, 0.05) is 16.9 Å². The number of amides is 3. The van der Waals surface area contributed by atoms with Crippen LogP contribution in [0.15, 0.2) is 53.4 Å². The number of nitrogens with one attached hydrogen (secondary N) is 3. The molecule has 0 aromatic heterocycles. The van der Waals surface area contributed by atoms with E-state index in [1.165, 1.54) is 11.8 Å². The lowest BCUT2D eigenvalue weighted by molar-refractivity contribution is -0.124. The van der Waals surface area contributed by atoms with Gasteiger partial charge in [-0.05, 0) is 43.3 Å². The zero-order valence-corrected chi connectivity index (χ0v) is 15.5. The predicted molar refractivity (Wildman–Crippen MR) is 103 cm³/mol. The van der Waals surface area contributed by atoms with Crippen molar-refractivity contribution in [2.24, 2.45) is 0 Å². The second-order valence-corrected chi connectivity index (χ2v) is 7.00. The Morgan fingerprint density at radius 1 is 1.11 bits per heavy atom. The highest BCUT2D eigenvalue weighted by Gasteiger charge is 2.28. The molecule has 0 radical (unpaired) electrons. The van der Waals surface area contributed by atoms with Gasteiger partial charge in [0.05, 0.1) is 17.5 Å².